The summed E-state index contributed by atoms with van der Waals surface area (Å²) in [7, 11) is 0. The monoisotopic (exact) mass is 305 g/mol. The predicted octanol–water partition coefficient (Wildman–Crippen LogP) is 2.30. The van der Waals surface area contributed by atoms with Crippen LogP contribution in [-0.2, 0) is 11.3 Å². The second-order valence-corrected chi connectivity index (χ2v) is 6.48. The Morgan fingerprint density at radius 2 is 2.10 bits per heavy atom. The number of nitrogens with one attached hydrogen (secondary N) is 1. The molecule has 6 heteroatoms. The highest BCUT2D eigenvalue weighted by atomic mass is 32.1. The molecule has 0 atom stereocenters. The minimum atomic E-state index is -0.133. The number of hydrogen-bond acceptors (Lipinski definition) is 4. The topological polar surface area (TPSA) is 64.0 Å². The van der Waals surface area contributed by atoms with Crippen molar-refractivity contribution in [3.05, 3.63) is 28.1 Å². The first kappa shape index (κ1) is 14.3. The van der Waals surface area contributed by atoms with Crippen LogP contribution in [0.1, 0.15) is 38.5 Å². The third-order valence-corrected chi connectivity index (χ3v) is 4.86. The molecule has 21 heavy (non-hydrogen) atoms. The van der Waals surface area contributed by atoms with E-state index in [1.165, 1.54) is 47.9 Å². The van der Waals surface area contributed by atoms with E-state index in [0.29, 0.717) is 10.2 Å². The van der Waals surface area contributed by atoms with Gasteiger partial charge in [-0.1, -0.05) is 25.7 Å². The van der Waals surface area contributed by atoms with Gasteiger partial charge in [0.2, 0.25) is 5.91 Å². The van der Waals surface area contributed by atoms with Gasteiger partial charge in [-0.25, -0.2) is 4.98 Å². The van der Waals surface area contributed by atoms with E-state index in [1.807, 2.05) is 11.4 Å². The zero-order valence-corrected chi connectivity index (χ0v) is 12.7. The number of fused-ring (bicyclic) bond motifs is 1. The normalized spacial score (nSPS) is 16.8. The molecule has 0 spiro atoms. The molecular weight excluding hydrogens is 286 g/mol. The van der Waals surface area contributed by atoms with Crippen LogP contribution in [-0.4, -0.2) is 21.5 Å². The lowest BCUT2D eigenvalue weighted by Gasteiger charge is -2.16. The smallest absolute Gasteiger partial charge is 0.271 e. The molecule has 0 bridgehead atoms. The number of carbonyl (C=O) groups is 1. The Labute approximate surface area is 127 Å². The maximum atomic E-state index is 12.2. The fourth-order valence-corrected chi connectivity index (χ4v) is 3.64. The summed E-state index contributed by atoms with van der Waals surface area (Å²) >= 11 is 1.37. The lowest BCUT2D eigenvalue weighted by Crippen LogP contribution is -2.38. The van der Waals surface area contributed by atoms with E-state index in [0.717, 1.165) is 12.8 Å². The summed E-state index contributed by atoms with van der Waals surface area (Å²) in [4.78, 5) is 28.6. The summed E-state index contributed by atoms with van der Waals surface area (Å²) in [5.41, 5.74) is 0.566. The van der Waals surface area contributed by atoms with Crippen LogP contribution in [0.15, 0.2) is 22.6 Å². The standard InChI is InChI=1S/C15H19N3O2S/c19-13(17-11-5-3-1-2-4-6-11)9-18-10-16-12-7-8-21-14(12)15(18)20/h7-8,10-11H,1-6,9H2,(H,17,19). The number of nitrogens with zero attached hydrogens (tertiary/aromatic N) is 2. The maximum absolute atomic E-state index is 12.2. The van der Waals surface area contributed by atoms with Crippen LogP contribution in [0.25, 0.3) is 10.2 Å². The van der Waals surface area contributed by atoms with E-state index in [-0.39, 0.29) is 24.1 Å². The number of thiophene rings is 1. The van der Waals surface area contributed by atoms with Crippen molar-refractivity contribution in [1.29, 1.82) is 0 Å². The predicted molar refractivity (Wildman–Crippen MR) is 83.5 cm³/mol. The van der Waals surface area contributed by atoms with E-state index < -0.39 is 0 Å². The molecule has 2 heterocycles. The van der Waals surface area contributed by atoms with Crippen LogP contribution in [0.4, 0.5) is 0 Å². The average Bonchev–Trinajstić information content (AvgIpc) is 2.81. The molecule has 1 N–H and O–H groups in total. The van der Waals surface area contributed by atoms with Crippen molar-refractivity contribution in [2.45, 2.75) is 51.1 Å². The van der Waals surface area contributed by atoms with Gasteiger partial charge in [0.25, 0.3) is 5.56 Å². The Balaban J connectivity index is 1.68. The second kappa shape index (κ2) is 6.39. The molecule has 0 saturated heterocycles. The molecule has 1 fully saturated rings. The molecule has 0 unspecified atom stereocenters. The van der Waals surface area contributed by atoms with Crippen LogP contribution >= 0.6 is 11.3 Å². The Morgan fingerprint density at radius 3 is 2.86 bits per heavy atom. The highest BCUT2D eigenvalue weighted by molar-refractivity contribution is 7.17. The third-order valence-electron chi connectivity index (χ3n) is 3.97. The van der Waals surface area contributed by atoms with Gasteiger partial charge in [0.1, 0.15) is 11.2 Å². The molecule has 2 aromatic heterocycles. The highest BCUT2D eigenvalue weighted by Crippen LogP contribution is 2.17. The number of rotatable bonds is 3. The quantitative estimate of drug-likeness (QED) is 0.885. The van der Waals surface area contributed by atoms with Gasteiger partial charge in [0, 0.05) is 6.04 Å². The molecule has 5 nitrogen and oxygen atoms in total. The van der Waals surface area contributed by atoms with Crippen molar-refractivity contribution in [2.24, 2.45) is 0 Å². The van der Waals surface area contributed by atoms with E-state index in [4.69, 9.17) is 0 Å². The lowest BCUT2D eigenvalue weighted by molar-refractivity contribution is -0.122. The highest BCUT2D eigenvalue weighted by Gasteiger charge is 2.15. The zero-order chi connectivity index (χ0) is 14.7. The van der Waals surface area contributed by atoms with Crippen molar-refractivity contribution >= 4 is 27.5 Å². The van der Waals surface area contributed by atoms with Crippen molar-refractivity contribution in [3.63, 3.8) is 0 Å². The van der Waals surface area contributed by atoms with E-state index in [9.17, 15) is 9.59 Å². The van der Waals surface area contributed by atoms with Gasteiger partial charge in [0.15, 0.2) is 0 Å². The molecule has 2 aromatic rings. The summed E-state index contributed by atoms with van der Waals surface area (Å²) in [6.07, 6.45) is 8.41. The Morgan fingerprint density at radius 1 is 1.33 bits per heavy atom. The minimum Gasteiger partial charge on any atom is -0.352 e. The number of carbonyl (C=O) groups excluding carboxylic acids is 1. The maximum Gasteiger partial charge on any atom is 0.271 e. The molecule has 0 aliphatic heterocycles. The van der Waals surface area contributed by atoms with Crippen molar-refractivity contribution < 1.29 is 4.79 Å². The van der Waals surface area contributed by atoms with Crippen molar-refractivity contribution in [1.82, 2.24) is 14.9 Å². The summed E-state index contributed by atoms with van der Waals surface area (Å²) < 4.78 is 2.00. The molecular formula is C15H19N3O2S. The first-order valence-corrected chi connectivity index (χ1v) is 8.34. The molecule has 3 rings (SSSR count). The van der Waals surface area contributed by atoms with Gasteiger partial charge < -0.3 is 5.32 Å². The molecule has 1 saturated carbocycles. The average molecular weight is 305 g/mol. The first-order valence-electron chi connectivity index (χ1n) is 7.46. The Kier molecular flexibility index (Phi) is 4.34. The second-order valence-electron chi connectivity index (χ2n) is 5.57. The van der Waals surface area contributed by atoms with Gasteiger partial charge in [0.05, 0.1) is 11.8 Å². The van der Waals surface area contributed by atoms with Gasteiger partial charge in [-0.2, -0.15) is 0 Å². The molecule has 0 aromatic carbocycles. The largest absolute Gasteiger partial charge is 0.352 e. The van der Waals surface area contributed by atoms with Crippen LogP contribution in [0.5, 0.6) is 0 Å². The van der Waals surface area contributed by atoms with E-state index >= 15 is 0 Å². The van der Waals surface area contributed by atoms with E-state index in [2.05, 4.69) is 10.3 Å². The summed E-state index contributed by atoms with van der Waals surface area (Å²) in [6.45, 7) is 0.0518. The summed E-state index contributed by atoms with van der Waals surface area (Å²) in [5, 5.41) is 4.90. The van der Waals surface area contributed by atoms with Crippen molar-refractivity contribution in [2.75, 3.05) is 0 Å². The molecule has 1 aliphatic rings. The Hall–Kier alpha value is -1.69. The Bertz CT molecular complexity index is 684. The summed E-state index contributed by atoms with van der Waals surface area (Å²) in [5.74, 6) is -0.0956. The molecule has 0 radical (unpaired) electrons. The van der Waals surface area contributed by atoms with Crippen molar-refractivity contribution in [3.8, 4) is 0 Å². The SMILES string of the molecule is O=C(Cn1cnc2ccsc2c1=O)NC1CCCCCC1. The third kappa shape index (κ3) is 3.32. The number of aromatic nitrogens is 2. The van der Waals surface area contributed by atoms with Crippen LogP contribution < -0.4 is 10.9 Å². The first-order chi connectivity index (χ1) is 10.2. The molecule has 112 valence electrons. The zero-order valence-electron chi connectivity index (χ0n) is 11.9. The van der Waals surface area contributed by atoms with E-state index in [1.54, 1.807) is 0 Å². The summed E-state index contributed by atoms with van der Waals surface area (Å²) in [6, 6.07) is 2.08. The van der Waals surface area contributed by atoms with Crippen LogP contribution in [0.2, 0.25) is 0 Å². The molecule has 1 amide bonds. The minimum absolute atomic E-state index is 0.0518. The van der Waals surface area contributed by atoms with Gasteiger partial charge in [-0.3, -0.25) is 14.2 Å². The fourth-order valence-electron chi connectivity index (χ4n) is 2.84. The van der Waals surface area contributed by atoms with Crippen LogP contribution in [0, 0.1) is 0 Å². The number of amides is 1. The van der Waals surface area contributed by atoms with Gasteiger partial charge in [-0.15, -0.1) is 11.3 Å². The lowest BCUT2D eigenvalue weighted by atomic mass is 10.1. The van der Waals surface area contributed by atoms with Gasteiger partial charge in [-0.05, 0) is 24.3 Å². The van der Waals surface area contributed by atoms with Gasteiger partial charge >= 0.3 is 0 Å². The number of hydrogen-bond donors (Lipinski definition) is 1. The fraction of sp³-hybridized carbons (Fsp3) is 0.533. The molecule has 1 aliphatic carbocycles. The van der Waals surface area contributed by atoms with Crippen LogP contribution in [0.3, 0.4) is 0 Å².